The molecule has 1 aromatic carbocycles. The number of benzene rings is 1. The Labute approximate surface area is 111 Å². The molecule has 0 saturated heterocycles. The highest BCUT2D eigenvalue weighted by Crippen LogP contribution is 2.14. The molecule has 0 saturated carbocycles. The monoisotopic (exact) mass is 262 g/mol. The zero-order chi connectivity index (χ0) is 13.7. The fraction of sp³-hybridized carbons (Fsp3) is 0.357. The number of carbonyl (C=O) groups excluding carboxylic acids is 1. The molecule has 2 rings (SSSR count). The molecular weight excluding hydrogens is 244 g/mol. The summed E-state index contributed by atoms with van der Waals surface area (Å²) in [6.45, 7) is 0.345. The van der Waals surface area contributed by atoms with Crippen molar-refractivity contribution >= 4 is 16.8 Å². The highest BCUT2D eigenvalue weighted by Gasteiger charge is 2.08. The number of rotatable bonds is 6. The molecule has 5 heteroatoms. The van der Waals surface area contributed by atoms with E-state index in [1.54, 1.807) is 14.2 Å². The second-order valence-electron chi connectivity index (χ2n) is 4.28. The average molecular weight is 262 g/mol. The van der Waals surface area contributed by atoms with E-state index in [-0.39, 0.29) is 5.91 Å². The van der Waals surface area contributed by atoms with Crippen LogP contribution in [0, 0.1) is 0 Å². The largest absolute Gasteiger partial charge is 0.361 e. The summed E-state index contributed by atoms with van der Waals surface area (Å²) >= 11 is 0. The van der Waals surface area contributed by atoms with E-state index in [0.29, 0.717) is 13.0 Å². The van der Waals surface area contributed by atoms with Crippen molar-refractivity contribution in [2.24, 2.45) is 0 Å². The normalized spacial score (nSPS) is 11.1. The maximum Gasteiger partial charge on any atom is 0.224 e. The molecule has 2 N–H and O–H groups in total. The van der Waals surface area contributed by atoms with E-state index in [1.165, 1.54) is 0 Å². The second kappa shape index (κ2) is 6.36. The quantitative estimate of drug-likeness (QED) is 0.774. The molecular formula is C14H18N2O3. The lowest BCUT2D eigenvalue weighted by Gasteiger charge is -2.14. The van der Waals surface area contributed by atoms with Gasteiger partial charge in [0.2, 0.25) is 5.91 Å². The number of nitrogens with one attached hydrogen (secondary N) is 2. The van der Waals surface area contributed by atoms with E-state index in [1.807, 2.05) is 30.5 Å². The van der Waals surface area contributed by atoms with Crippen molar-refractivity contribution in [2.75, 3.05) is 20.8 Å². The fourth-order valence-electron chi connectivity index (χ4n) is 1.92. The summed E-state index contributed by atoms with van der Waals surface area (Å²) in [6.07, 6.45) is 1.83. The molecule has 1 aromatic heterocycles. The fourth-order valence-corrected chi connectivity index (χ4v) is 1.92. The van der Waals surface area contributed by atoms with Gasteiger partial charge in [-0.05, 0) is 29.1 Å². The van der Waals surface area contributed by atoms with Crippen LogP contribution in [-0.4, -0.2) is 37.9 Å². The lowest BCUT2D eigenvalue weighted by Crippen LogP contribution is -2.34. The van der Waals surface area contributed by atoms with Gasteiger partial charge >= 0.3 is 0 Å². The molecule has 0 fully saturated rings. The summed E-state index contributed by atoms with van der Waals surface area (Å²) in [6, 6.07) is 7.92. The van der Waals surface area contributed by atoms with Crippen molar-refractivity contribution in [1.82, 2.24) is 10.3 Å². The maximum absolute atomic E-state index is 11.8. The molecule has 0 aliphatic heterocycles. The van der Waals surface area contributed by atoms with E-state index in [2.05, 4.69) is 10.3 Å². The molecule has 1 amide bonds. The summed E-state index contributed by atoms with van der Waals surface area (Å²) in [5.74, 6) is -0.0472. The molecule has 102 valence electrons. The smallest absolute Gasteiger partial charge is 0.224 e. The SMILES string of the molecule is COC(CNC(=O)Cc1ccc2[nH]ccc2c1)OC. The van der Waals surface area contributed by atoms with Gasteiger partial charge in [-0.1, -0.05) is 6.07 Å². The number of carbonyl (C=O) groups is 1. The Bertz CT molecular complexity index is 546. The number of hydrogen-bond donors (Lipinski definition) is 2. The van der Waals surface area contributed by atoms with Gasteiger partial charge in [-0.2, -0.15) is 0 Å². The van der Waals surface area contributed by atoms with Gasteiger partial charge in [0.1, 0.15) is 0 Å². The molecule has 5 nitrogen and oxygen atoms in total. The number of fused-ring (bicyclic) bond motifs is 1. The summed E-state index contributed by atoms with van der Waals surface area (Å²) < 4.78 is 10.0. The Morgan fingerprint density at radius 1 is 1.32 bits per heavy atom. The Morgan fingerprint density at radius 3 is 2.84 bits per heavy atom. The average Bonchev–Trinajstić information content (AvgIpc) is 2.87. The van der Waals surface area contributed by atoms with Crippen molar-refractivity contribution in [3.05, 3.63) is 36.0 Å². The van der Waals surface area contributed by atoms with Crippen LogP contribution >= 0.6 is 0 Å². The summed E-state index contributed by atoms with van der Waals surface area (Å²) in [7, 11) is 3.08. The third kappa shape index (κ3) is 3.56. The minimum Gasteiger partial charge on any atom is -0.361 e. The third-order valence-corrected chi connectivity index (χ3v) is 2.97. The predicted octanol–water partition coefficient (Wildman–Crippen LogP) is 1.45. The summed E-state index contributed by atoms with van der Waals surface area (Å²) in [5.41, 5.74) is 2.05. The number of aromatic nitrogens is 1. The van der Waals surface area contributed by atoms with Gasteiger partial charge in [0.15, 0.2) is 6.29 Å². The topological polar surface area (TPSA) is 63.3 Å². The number of H-pyrrole nitrogens is 1. The molecule has 0 spiro atoms. The first-order valence-electron chi connectivity index (χ1n) is 6.11. The molecule has 0 unspecified atom stereocenters. The van der Waals surface area contributed by atoms with Crippen LogP contribution in [0.5, 0.6) is 0 Å². The first-order chi connectivity index (χ1) is 9.22. The van der Waals surface area contributed by atoms with Crippen molar-refractivity contribution in [3.8, 4) is 0 Å². The van der Waals surface area contributed by atoms with E-state index in [4.69, 9.17) is 9.47 Å². The van der Waals surface area contributed by atoms with Crippen LogP contribution < -0.4 is 5.32 Å². The van der Waals surface area contributed by atoms with Gasteiger partial charge in [-0.25, -0.2) is 0 Å². The standard InChI is InChI=1S/C14H18N2O3/c1-18-14(19-2)9-16-13(17)8-10-3-4-12-11(7-10)5-6-15-12/h3-7,14-15H,8-9H2,1-2H3,(H,16,17). The van der Waals surface area contributed by atoms with Crippen LogP contribution in [0.25, 0.3) is 10.9 Å². The highest BCUT2D eigenvalue weighted by atomic mass is 16.7. The molecule has 0 aliphatic carbocycles. The van der Waals surface area contributed by atoms with Gasteiger partial charge < -0.3 is 19.8 Å². The van der Waals surface area contributed by atoms with Crippen molar-refractivity contribution < 1.29 is 14.3 Å². The van der Waals surface area contributed by atoms with E-state index in [0.717, 1.165) is 16.5 Å². The van der Waals surface area contributed by atoms with Crippen LogP contribution in [0.1, 0.15) is 5.56 Å². The van der Waals surface area contributed by atoms with Gasteiger partial charge in [0.05, 0.1) is 13.0 Å². The minimum absolute atomic E-state index is 0.0472. The molecule has 0 radical (unpaired) electrons. The molecule has 19 heavy (non-hydrogen) atoms. The van der Waals surface area contributed by atoms with E-state index in [9.17, 15) is 4.79 Å². The number of hydrogen-bond acceptors (Lipinski definition) is 3. The number of amides is 1. The minimum atomic E-state index is -0.406. The number of methoxy groups -OCH3 is 2. The molecule has 0 bridgehead atoms. The van der Waals surface area contributed by atoms with E-state index < -0.39 is 6.29 Å². The van der Waals surface area contributed by atoms with Crippen LogP contribution in [-0.2, 0) is 20.7 Å². The first kappa shape index (κ1) is 13.6. The van der Waals surface area contributed by atoms with Crippen molar-refractivity contribution in [1.29, 1.82) is 0 Å². The molecule has 0 aliphatic rings. The van der Waals surface area contributed by atoms with Crippen molar-refractivity contribution in [2.45, 2.75) is 12.7 Å². The maximum atomic E-state index is 11.8. The Morgan fingerprint density at radius 2 is 2.11 bits per heavy atom. The molecule has 2 aromatic rings. The third-order valence-electron chi connectivity index (χ3n) is 2.97. The van der Waals surface area contributed by atoms with Gasteiger partial charge in [-0.3, -0.25) is 4.79 Å². The number of ether oxygens (including phenoxy) is 2. The van der Waals surface area contributed by atoms with Crippen LogP contribution in [0.3, 0.4) is 0 Å². The van der Waals surface area contributed by atoms with Crippen LogP contribution in [0.2, 0.25) is 0 Å². The highest BCUT2D eigenvalue weighted by molar-refractivity contribution is 5.83. The molecule has 0 atom stereocenters. The second-order valence-corrected chi connectivity index (χ2v) is 4.28. The first-order valence-corrected chi connectivity index (χ1v) is 6.11. The summed E-state index contributed by atoms with van der Waals surface area (Å²) in [4.78, 5) is 14.9. The number of aromatic amines is 1. The van der Waals surface area contributed by atoms with Gasteiger partial charge in [-0.15, -0.1) is 0 Å². The van der Waals surface area contributed by atoms with Crippen LogP contribution in [0.15, 0.2) is 30.5 Å². The zero-order valence-electron chi connectivity index (χ0n) is 11.1. The zero-order valence-corrected chi connectivity index (χ0v) is 11.1. The summed E-state index contributed by atoms with van der Waals surface area (Å²) in [5, 5.41) is 3.89. The predicted molar refractivity (Wildman–Crippen MR) is 72.8 cm³/mol. The Kier molecular flexibility index (Phi) is 4.54. The Hall–Kier alpha value is -1.85. The van der Waals surface area contributed by atoms with Gasteiger partial charge in [0.25, 0.3) is 0 Å². The van der Waals surface area contributed by atoms with E-state index >= 15 is 0 Å². The lowest BCUT2D eigenvalue weighted by molar-refractivity contribution is -0.126. The van der Waals surface area contributed by atoms with Gasteiger partial charge in [0, 0.05) is 25.9 Å². The van der Waals surface area contributed by atoms with Crippen LogP contribution in [0.4, 0.5) is 0 Å². The Balaban J connectivity index is 1.91. The van der Waals surface area contributed by atoms with Crippen molar-refractivity contribution in [3.63, 3.8) is 0 Å². The lowest BCUT2D eigenvalue weighted by atomic mass is 10.1. The molecule has 1 heterocycles.